The van der Waals surface area contributed by atoms with Gasteiger partial charge in [-0.05, 0) is 57.6 Å². The Kier molecular flexibility index (Phi) is 5.67. The van der Waals surface area contributed by atoms with E-state index in [0.717, 1.165) is 44.5 Å². The molecule has 0 spiro atoms. The second kappa shape index (κ2) is 8.34. The molecule has 1 aromatic heterocycles. The number of hydrogen-bond donors (Lipinski definition) is 3. The highest BCUT2D eigenvalue weighted by Gasteiger charge is 2.38. The maximum Gasteiger partial charge on any atom is 0.191 e. The molecule has 1 aliphatic heterocycles. The standard InChI is InChI=1S/C22H33N5/c1-3-23-22(26-18-13-16(2)27(15-18)19-10-11-19)24-12-6-7-17-14-25-21-9-5-4-8-20(17)21/h4-5,8-9,14,16,18-19,25H,3,6-7,10-13,15H2,1-2H3,(H2,23,24,26). The normalized spacial score (nSPS) is 23.9. The lowest BCUT2D eigenvalue weighted by Gasteiger charge is -2.20. The van der Waals surface area contributed by atoms with Gasteiger partial charge in [-0.15, -0.1) is 0 Å². The van der Waals surface area contributed by atoms with Gasteiger partial charge in [-0.1, -0.05) is 18.2 Å². The van der Waals surface area contributed by atoms with Crippen LogP contribution in [0.15, 0.2) is 35.5 Å². The fourth-order valence-corrected chi connectivity index (χ4v) is 4.39. The van der Waals surface area contributed by atoms with E-state index in [1.165, 1.54) is 35.7 Å². The van der Waals surface area contributed by atoms with Gasteiger partial charge in [0.25, 0.3) is 0 Å². The molecular formula is C22H33N5. The molecule has 27 heavy (non-hydrogen) atoms. The van der Waals surface area contributed by atoms with Crippen LogP contribution in [0.4, 0.5) is 0 Å². The quantitative estimate of drug-likeness (QED) is 0.400. The van der Waals surface area contributed by atoms with Gasteiger partial charge in [0.15, 0.2) is 5.96 Å². The molecule has 2 atom stereocenters. The summed E-state index contributed by atoms with van der Waals surface area (Å²) in [6.45, 7) is 7.42. The zero-order valence-corrected chi connectivity index (χ0v) is 16.7. The van der Waals surface area contributed by atoms with Crippen LogP contribution >= 0.6 is 0 Å². The summed E-state index contributed by atoms with van der Waals surface area (Å²) in [6.07, 6.45) is 8.26. The van der Waals surface area contributed by atoms with Gasteiger partial charge in [0.05, 0.1) is 0 Å². The molecule has 2 unspecified atom stereocenters. The van der Waals surface area contributed by atoms with Gasteiger partial charge in [-0.25, -0.2) is 0 Å². The number of benzene rings is 1. The number of H-pyrrole nitrogens is 1. The number of aryl methyl sites for hydroxylation is 1. The van der Waals surface area contributed by atoms with Crippen LogP contribution in [0, 0.1) is 0 Å². The van der Waals surface area contributed by atoms with Gasteiger partial charge in [0, 0.05) is 54.9 Å². The van der Waals surface area contributed by atoms with E-state index in [0.29, 0.717) is 12.1 Å². The molecule has 0 amide bonds. The summed E-state index contributed by atoms with van der Waals surface area (Å²) in [5, 5.41) is 8.44. The molecule has 1 aromatic carbocycles. The summed E-state index contributed by atoms with van der Waals surface area (Å²) in [5.74, 6) is 0.978. The van der Waals surface area contributed by atoms with Crippen LogP contribution in [0.25, 0.3) is 10.9 Å². The molecular weight excluding hydrogens is 334 g/mol. The molecule has 1 saturated heterocycles. The van der Waals surface area contributed by atoms with E-state index in [4.69, 9.17) is 4.99 Å². The Balaban J connectivity index is 1.29. The molecule has 1 saturated carbocycles. The third-order valence-electron chi connectivity index (χ3n) is 5.87. The Hall–Kier alpha value is -2.01. The van der Waals surface area contributed by atoms with Crippen LogP contribution in [0.1, 0.15) is 45.1 Å². The predicted molar refractivity (Wildman–Crippen MR) is 113 cm³/mol. The number of likely N-dealkylation sites (tertiary alicyclic amines) is 1. The minimum absolute atomic E-state index is 0.520. The Morgan fingerprint density at radius 2 is 2.15 bits per heavy atom. The van der Waals surface area contributed by atoms with E-state index < -0.39 is 0 Å². The molecule has 146 valence electrons. The maximum absolute atomic E-state index is 4.83. The van der Waals surface area contributed by atoms with Gasteiger partial charge in [0.1, 0.15) is 0 Å². The van der Waals surface area contributed by atoms with Crippen molar-refractivity contribution in [3.8, 4) is 0 Å². The Morgan fingerprint density at radius 1 is 1.30 bits per heavy atom. The number of aromatic nitrogens is 1. The number of rotatable bonds is 7. The zero-order valence-electron chi connectivity index (χ0n) is 16.7. The first-order valence-corrected chi connectivity index (χ1v) is 10.6. The molecule has 2 aromatic rings. The number of aromatic amines is 1. The van der Waals surface area contributed by atoms with E-state index in [1.807, 2.05) is 0 Å². The smallest absolute Gasteiger partial charge is 0.191 e. The molecule has 5 heteroatoms. The van der Waals surface area contributed by atoms with Gasteiger partial charge in [-0.3, -0.25) is 9.89 Å². The van der Waals surface area contributed by atoms with Gasteiger partial charge < -0.3 is 15.6 Å². The number of nitrogens with zero attached hydrogens (tertiary/aromatic N) is 2. The summed E-state index contributed by atoms with van der Waals surface area (Å²) in [5.41, 5.74) is 2.62. The van der Waals surface area contributed by atoms with Crippen molar-refractivity contribution in [3.63, 3.8) is 0 Å². The fourth-order valence-electron chi connectivity index (χ4n) is 4.39. The molecule has 4 rings (SSSR count). The van der Waals surface area contributed by atoms with Crippen molar-refractivity contribution < 1.29 is 0 Å². The van der Waals surface area contributed by atoms with Crippen molar-refractivity contribution in [2.75, 3.05) is 19.6 Å². The summed E-state index contributed by atoms with van der Waals surface area (Å²) >= 11 is 0. The predicted octanol–water partition coefficient (Wildman–Crippen LogP) is 3.28. The van der Waals surface area contributed by atoms with Gasteiger partial charge >= 0.3 is 0 Å². The third-order valence-corrected chi connectivity index (χ3v) is 5.87. The second-order valence-corrected chi connectivity index (χ2v) is 8.08. The molecule has 0 bridgehead atoms. The highest BCUT2D eigenvalue weighted by atomic mass is 15.3. The summed E-state index contributed by atoms with van der Waals surface area (Å²) in [4.78, 5) is 10.9. The molecule has 0 radical (unpaired) electrons. The highest BCUT2D eigenvalue weighted by molar-refractivity contribution is 5.83. The molecule has 1 aliphatic carbocycles. The van der Waals surface area contributed by atoms with Crippen molar-refractivity contribution in [3.05, 3.63) is 36.0 Å². The van der Waals surface area contributed by atoms with E-state index in [-0.39, 0.29) is 0 Å². The molecule has 2 fully saturated rings. The van der Waals surface area contributed by atoms with E-state index in [1.54, 1.807) is 0 Å². The number of hydrogen-bond acceptors (Lipinski definition) is 2. The van der Waals surface area contributed by atoms with Crippen LogP contribution < -0.4 is 10.6 Å². The molecule has 5 nitrogen and oxygen atoms in total. The average Bonchev–Trinajstić information content (AvgIpc) is 3.33. The number of nitrogens with one attached hydrogen (secondary N) is 3. The zero-order chi connectivity index (χ0) is 18.6. The van der Waals surface area contributed by atoms with Crippen molar-refractivity contribution >= 4 is 16.9 Å². The van der Waals surface area contributed by atoms with Crippen LogP contribution in [-0.2, 0) is 6.42 Å². The first-order chi connectivity index (χ1) is 13.2. The van der Waals surface area contributed by atoms with Crippen molar-refractivity contribution in [2.45, 2.75) is 64.1 Å². The van der Waals surface area contributed by atoms with E-state index in [2.05, 4.69) is 64.8 Å². The molecule has 2 heterocycles. The Labute approximate surface area is 162 Å². The van der Waals surface area contributed by atoms with E-state index in [9.17, 15) is 0 Å². The van der Waals surface area contributed by atoms with Crippen molar-refractivity contribution in [1.82, 2.24) is 20.5 Å². The van der Waals surface area contributed by atoms with E-state index >= 15 is 0 Å². The lowest BCUT2D eigenvalue weighted by Crippen LogP contribution is -2.44. The highest BCUT2D eigenvalue weighted by Crippen LogP contribution is 2.33. The Morgan fingerprint density at radius 3 is 2.96 bits per heavy atom. The maximum atomic E-state index is 4.83. The Bertz CT molecular complexity index is 776. The summed E-state index contributed by atoms with van der Waals surface area (Å²) in [7, 11) is 0. The number of fused-ring (bicyclic) bond motifs is 1. The van der Waals surface area contributed by atoms with Gasteiger partial charge in [-0.2, -0.15) is 0 Å². The first kappa shape index (κ1) is 18.4. The second-order valence-electron chi connectivity index (χ2n) is 8.08. The minimum atomic E-state index is 0.520. The third kappa shape index (κ3) is 4.46. The van der Waals surface area contributed by atoms with Crippen LogP contribution in [0.5, 0.6) is 0 Å². The average molecular weight is 368 g/mol. The number of guanidine groups is 1. The molecule has 2 aliphatic rings. The van der Waals surface area contributed by atoms with Crippen molar-refractivity contribution in [2.24, 2.45) is 4.99 Å². The minimum Gasteiger partial charge on any atom is -0.361 e. The first-order valence-electron chi connectivity index (χ1n) is 10.6. The van der Waals surface area contributed by atoms with Crippen molar-refractivity contribution in [1.29, 1.82) is 0 Å². The van der Waals surface area contributed by atoms with Gasteiger partial charge in [0.2, 0.25) is 0 Å². The monoisotopic (exact) mass is 367 g/mol. The lowest BCUT2D eigenvalue weighted by molar-refractivity contribution is 0.256. The summed E-state index contributed by atoms with van der Waals surface area (Å²) in [6, 6.07) is 10.6. The lowest BCUT2D eigenvalue weighted by atomic mass is 10.1. The SMILES string of the molecule is CCNC(=NCCCc1c[nH]c2ccccc12)NC1CC(C)N(C2CC2)C1. The summed E-state index contributed by atoms with van der Waals surface area (Å²) < 4.78 is 0. The topological polar surface area (TPSA) is 55.5 Å². The van der Waals surface area contributed by atoms with Crippen LogP contribution in [0.3, 0.4) is 0 Å². The fraction of sp³-hybridized carbons (Fsp3) is 0.591. The number of para-hydroxylation sites is 1. The molecule has 3 N–H and O–H groups in total. The van der Waals surface area contributed by atoms with Crippen LogP contribution in [0.2, 0.25) is 0 Å². The number of aliphatic imine (C=N–C) groups is 1. The largest absolute Gasteiger partial charge is 0.361 e. The van der Waals surface area contributed by atoms with Crippen LogP contribution in [-0.4, -0.2) is 53.6 Å².